The molecule has 1 heterocycles. The number of aromatic nitrogens is 3. The van der Waals surface area contributed by atoms with Crippen LogP contribution < -0.4 is 5.73 Å². The molecule has 1 fully saturated rings. The van der Waals surface area contributed by atoms with E-state index in [-0.39, 0.29) is 6.61 Å². The topological polar surface area (TPSA) is 77.0 Å². The van der Waals surface area contributed by atoms with E-state index in [0.29, 0.717) is 11.9 Å². The summed E-state index contributed by atoms with van der Waals surface area (Å²) in [7, 11) is 0. The molecule has 5 heteroatoms. The lowest BCUT2D eigenvalue weighted by Gasteiger charge is -2.08. The van der Waals surface area contributed by atoms with Crippen molar-refractivity contribution in [2.45, 2.75) is 24.9 Å². The molecule has 0 aliphatic heterocycles. The first-order valence-corrected chi connectivity index (χ1v) is 4.08. The van der Waals surface area contributed by atoms with Crippen molar-refractivity contribution in [3.05, 3.63) is 12.2 Å². The van der Waals surface area contributed by atoms with Crippen LogP contribution in [0.5, 0.6) is 0 Å². The summed E-state index contributed by atoms with van der Waals surface area (Å²) in [6.07, 6.45) is 4.02. The van der Waals surface area contributed by atoms with Crippen molar-refractivity contribution >= 4 is 0 Å². The number of nitrogens with two attached hydrogens (primary N) is 1. The molecule has 66 valence electrons. The van der Waals surface area contributed by atoms with Gasteiger partial charge in [0, 0.05) is 6.04 Å². The third kappa shape index (κ3) is 1.21. The molecule has 3 N–H and O–H groups in total. The Morgan fingerprint density at radius 2 is 2.50 bits per heavy atom. The van der Waals surface area contributed by atoms with Gasteiger partial charge < -0.3 is 15.4 Å². The highest BCUT2D eigenvalue weighted by molar-refractivity contribution is 4.99. The molecule has 0 spiro atoms. The molecular formula is C7H12N4O. The summed E-state index contributed by atoms with van der Waals surface area (Å²) >= 11 is 0. The summed E-state index contributed by atoms with van der Waals surface area (Å²) in [4.78, 5) is 0. The fourth-order valence-corrected chi connectivity index (χ4v) is 1.23. The molecule has 1 aromatic heterocycles. The van der Waals surface area contributed by atoms with Gasteiger partial charge in [0.2, 0.25) is 0 Å². The fraction of sp³-hybridized carbons (Fsp3) is 0.714. The molecule has 12 heavy (non-hydrogen) atoms. The van der Waals surface area contributed by atoms with Gasteiger partial charge >= 0.3 is 0 Å². The summed E-state index contributed by atoms with van der Waals surface area (Å²) in [5, 5.41) is 16.5. The van der Waals surface area contributed by atoms with Crippen LogP contribution in [0.25, 0.3) is 0 Å². The van der Waals surface area contributed by atoms with Crippen LogP contribution in [-0.4, -0.2) is 26.5 Å². The van der Waals surface area contributed by atoms with Gasteiger partial charge in [-0.1, -0.05) is 0 Å². The summed E-state index contributed by atoms with van der Waals surface area (Å²) in [6.45, 7) is -0.0780. The third-order valence-electron chi connectivity index (χ3n) is 2.07. The monoisotopic (exact) mass is 168 g/mol. The second-order valence-corrected chi connectivity index (χ2v) is 3.12. The smallest absolute Gasteiger partial charge is 0.152 e. The zero-order valence-corrected chi connectivity index (χ0v) is 6.72. The van der Waals surface area contributed by atoms with E-state index in [2.05, 4.69) is 10.2 Å². The molecule has 0 amide bonds. The van der Waals surface area contributed by atoms with Crippen molar-refractivity contribution in [2.75, 3.05) is 6.61 Å². The Balaban J connectivity index is 2.23. The van der Waals surface area contributed by atoms with E-state index in [1.807, 2.05) is 4.57 Å². The summed E-state index contributed by atoms with van der Waals surface area (Å²) in [5.74, 6) is 0.694. The first kappa shape index (κ1) is 7.70. The molecule has 0 saturated heterocycles. The van der Waals surface area contributed by atoms with Crippen molar-refractivity contribution in [3.63, 3.8) is 0 Å². The fourth-order valence-electron chi connectivity index (χ4n) is 1.23. The number of hydrogen-bond acceptors (Lipinski definition) is 4. The zero-order chi connectivity index (χ0) is 8.55. The minimum atomic E-state index is -0.395. The van der Waals surface area contributed by atoms with E-state index in [9.17, 15) is 0 Å². The summed E-state index contributed by atoms with van der Waals surface area (Å²) in [6, 6.07) is 0.126. The number of aliphatic hydroxyl groups excluding tert-OH is 1. The van der Waals surface area contributed by atoms with Crippen molar-refractivity contribution in [1.82, 2.24) is 14.8 Å². The largest absolute Gasteiger partial charge is 0.394 e. The highest BCUT2D eigenvalue weighted by Gasteiger charge is 2.27. The average molecular weight is 168 g/mol. The van der Waals surface area contributed by atoms with Crippen LogP contribution in [0.1, 0.15) is 30.7 Å². The maximum absolute atomic E-state index is 8.83. The van der Waals surface area contributed by atoms with E-state index in [0.717, 1.165) is 0 Å². The van der Waals surface area contributed by atoms with E-state index in [1.54, 1.807) is 6.33 Å². The maximum Gasteiger partial charge on any atom is 0.152 e. The SMILES string of the molecule is N[C@H](CO)c1nncn1C1CC1. The van der Waals surface area contributed by atoms with E-state index >= 15 is 0 Å². The average Bonchev–Trinajstić information content (AvgIpc) is 2.83. The predicted octanol–water partition coefficient (Wildman–Crippen LogP) is -0.395. The lowest BCUT2D eigenvalue weighted by Crippen LogP contribution is -2.19. The highest BCUT2D eigenvalue weighted by Crippen LogP contribution is 2.35. The van der Waals surface area contributed by atoms with E-state index < -0.39 is 6.04 Å². The lowest BCUT2D eigenvalue weighted by atomic mass is 10.3. The van der Waals surface area contributed by atoms with E-state index in [1.165, 1.54) is 12.8 Å². The summed E-state index contributed by atoms with van der Waals surface area (Å²) < 4.78 is 1.96. The molecule has 1 aliphatic rings. The van der Waals surface area contributed by atoms with Crippen LogP contribution in [-0.2, 0) is 0 Å². The minimum Gasteiger partial charge on any atom is -0.394 e. The van der Waals surface area contributed by atoms with Gasteiger partial charge in [0.15, 0.2) is 5.82 Å². The molecule has 0 aromatic carbocycles. The Labute approximate surface area is 70.2 Å². The van der Waals surface area contributed by atoms with Crippen LogP contribution in [0.4, 0.5) is 0 Å². The molecular weight excluding hydrogens is 156 g/mol. The second-order valence-electron chi connectivity index (χ2n) is 3.12. The number of hydrogen-bond donors (Lipinski definition) is 2. The maximum atomic E-state index is 8.83. The Morgan fingerprint density at radius 3 is 3.08 bits per heavy atom. The van der Waals surface area contributed by atoms with Gasteiger partial charge in [-0.25, -0.2) is 0 Å². The van der Waals surface area contributed by atoms with Crippen LogP contribution in [0, 0.1) is 0 Å². The standard InChI is InChI=1S/C7H12N4O/c8-6(3-12)7-10-9-4-11(7)5-1-2-5/h4-6,12H,1-3,8H2/t6-/m1/s1. The van der Waals surface area contributed by atoms with Gasteiger partial charge in [-0.15, -0.1) is 10.2 Å². The molecule has 5 nitrogen and oxygen atoms in total. The Hall–Kier alpha value is -0.940. The minimum absolute atomic E-state index is 0.0780. The van der Waals surface area contributed by atoms with Crippen molar-refractivity contribution in [2.24, 2.45) is 5.73 Å². The van der Waals surface area contributed by atoms with Crippen molar-refractivity contribution < 1.29 is 5.11 Å². The van der Waals surface area contributed by atoms with Crippen LogP contribution in [0.2, 0.25) is 0 Å². The first-order chi connectivity index (χ1) is 5.83. The summed E-state index contributed by atoms with van der Waals surface area (Å²) in [5.41, 5.74) is 5.63. The molecule has 0 radical (unpaired) electrons. The van der Waals surface area contributed by atoms with Gasteiger partial charge in [-0.05, 0) is 12.8 Å². The normalized spacial score (nSPS) is 19.5. The van der Waals surface area contributed by atoms with Gasteiger partial charge in [-0.2, -0.15) is 0 Å². The van der Waals surface area contributed by atoms with Crippen LogP contribution in [0.3, 0.4) is 0 Å². The molecule has 1 saturated carbocycles. The molecule has 2 rings (SSSR count). The zero-order valence-electron chi connectivity index (χ0n) is 6.72. The lowest BCUT2D eigenvalue weighted by molar-refractivity contribution is 0.260. The molecule has 1 atom stereocenters. The second kappa shape index (κ2) is 2.84. The molecule has 0 bridgehead atoms. The first-order valence-electron chi connectivity index (χ1n) is 4.08. The third-order valence-corrected chi connectivity index (χ3v) is 2.07. The van der Waals surface area contributed by atoms with Gasteiger partial charge in [-0.3, -0.25) is 0 Å². The predicted molar refractivity (Wildman–Crippen MR) is 42.3 cm³/mol. The van der Waals surface area contributed by atoms with Crippen molar-refractivity contribution in [1.29, 1.82) is 0 Å². The number of aliphatic hydroxyl groups is 1. The molecule has 1 aliphatic carbocycles. The Morgan fingerprint density at radius 1 is 1.75 bits per heavy atom. The number of nitrogens with zero attached hydrogens (tertiary/aromatic N) is 3. The van der Waals surface area contributed by atoms with Crippen molar-refractivity contribution in [3.8, 4) is 0 Å². The number of rotatable bonds is 3. The Bertz CT molecular complexity index is 268. The van der Waals surface area contributed by atoms with Crippen LogP contribution >= 0.6 is 0 Å². The van der Waals surface area contributed by atoms with E-state index in [4.69, 9.17) is 10.8 Å². The Kier molecular flexibility index (Phi) is 1.82. The molecule has 1 aromatic rings. The van der Waals surface area contributed by atoms with Gasteiger partial charge in [0.1, 0.15) is 6.33 Å². The highest BCUT2D eigenvalue weighted by atomic mass is 16.3. The quantitative estimate of drug-likeness (QED) is 0.644. The van der Waals surface area contributed by atoms with Crippen LogP contribution in [0.15, 0.2) is 6.33 Å². The molecule has 0 unspecified atom stereocenters. The van der Waals surface area contributed by atoms with Gasteiger partial charge in [0.05, 0.1) is 12.6 Å². The van der Waals surface area contributed by atoms with Gasteiger partial charge in [0.25, 0.3) is 0 Å².